The van der Waals surface area contributed by atoms with Gasteiger partial charge in [0.05, 0.1) is 18.8 Å². The Balaban J connectivity index is 2.59. The van der Waals surface area contributed by atoms with E-state index in [2.05, 4.69) is 5.32 Å². The van der Waals surface area contributed by atoms with Crippen LogP contribution in [0.1, 0.15) is 44.6 Å². The van der Waals surface area contributed by atoms with Gasteiger partial charge >= 0.3 is 13.8 Å². The predicted molar refractivity (Wildman–Crippen MR) is 113 cm³/mol. The summed E-state index contributed by atoms with van der Waals surface area (Å²) in [6, 6.07) is 13.7. The number of nitrogens with one attached hydrogen (secondary N) is 1. The van der Waals surface area contributed by atoms with Crippen LogP contribution in [0.25, 0.3) is 0 Å². The van der Waals surface area contributed by atoms with Gasteiger partial charge in [-0.2, -0.15) is 13.2 Å². The minimum Gasteiger partial charge on any atom is -0.368 e. The molecule has 0 aliphatic heterocycles. The number of rotatable bonds is 10. The average molecular weight is 443 g/mol. The summed E-state index contributed by atoms with van der Waals surface area (Å²) < 4.78 is 66.6. The molecule has 0 aliphatic rings. The molecular formula is C22H29F3NO3P. The van der Waals surface area contributed by atoms with E-state index in [0.717, 1.165) is 6.07 Å². The van der Waals surface area contributed by atoms with E-state index in [1.807, 2.05) is 27.7 Å². The van der Waals surface area contributed by atoms with Crippen molar-refractivity contribution in [1.29, 1.82) is 0 Å². The monoisotopic (exact) mass is 443 g/mol. The Bertz CT molecular complexity index is 825. The number of halogens is 3. The van der Waals surface area contributed by atoms with Crippen molar-refractivity contribution in [3.8, 4) is 0 Å². The normalized spacial score (nSPS) is 13.6. The Morgan fingerprint density at radius 1 is 0.867 bits per heavy atom. The summed E-state index contributed by atoms with van der Waals surface area (Å²) in [5.41, 5.74) is -0.536. The molecule has 0 saturated carbocycles. The van der Waals surface area contributed by atoms with Crippen molar-refractivity contribution in [1.82, 2.24) is 0 Å². The lowest BCUT2D eigenvalue weighted by atomic mass is 10.1. The van der Waals surface area contributed by atoms with Crippen molar-refractivity contribution in [2.24, 2.45) is 11.8 Å². The van der Waals surface area contributed by atoms with E-state index < -0.39 is 25.1 Å². The lowest BCUT2D eigenvalue weighted by Gasteiger charge is -2.31. The van der Waals surface area contributed by atoms with E-state index in [1.54, 1.807) is 30.3 Å². The van der Waals surface area contributed by atoms with Gasteiger partial charge in [0.25, 0.3) is 0 Å². The number of alkyl halides is 3. The van der Waals surface area contributed by atoms with E-state index >= 15 is 0 Å². The highest BCUT2D eigenvalue weighted by atomic mass is 31.2. The minimum atomic E-state index is -4.62. The summed E-state index contributed by atoms with van der Waals surface area (Å²) in [5.74, 6) is -1.28. The number of hydrogen-bond acceptors (Lipinski definition) is 4. The first-order valence-corrected chi connectivity index (χ1v) is 11.5. The summed E-state index contributed by atoms with van der Waals surface area (Å²) in [6.07, 6.45) is -4.62. The molecule has 1 atom stereocenters. The average Bonchev–Trinajstić information content (AvgIpc) is 2.69. The van der Waals surface area contributed by atoms with Gasteiger partial charge in [0, 0.05) is 5.69 Å². The van der Waals surface area contributed by atoms with Gasteiger partial charge in [0.1, 0.15) is 0 Å². The van der Waals surface area contributed by atoms with E-state index in [0.29, 0.717) is 5.69 Å². The predicted octanol–water partition coefficient (Wildman–Crippen LogP) is 7.35. The summed E-state index contributed by atoms with van der Waals surface area (Å²) in [6.45, 7) is 7.67. The highest BCUT2D eigenvalue weighted by Crippen LogP contribution is 2.62. The molecule has 0 bridgehead atoms. The molecule has 0 aromatic heterocycles. The van der Waals surface area contributed by atoms with Crippen LogP contribution in [-0.2, 0) is 19.8 Å². The molecule has 166 valence electrons. The van der Waals surface area contributed by atoms with Crippen molar-refractivity contribution < 1.29 is 26.8 Å². The third kappa shape index (κ3) is 6.86. The zero-order chi connectivity index (χ0) is 22.4. The fourth-order valence-electron chi connectivity index (χ4n) is 2.71. The van der Waals surface area contributed by atoms with E-state index in [1.165, 1.54) is 18.2 Å². The maximum Gasteiger partial charge on any atom is 0.416 e. The second-order valence-corrected chi connectivity index (χ2v) is 10.0. The van der Waals surface area contributed by atoms with Gasteiger partial charge in [0.15, 0.2) is 5.78 Å². The van der Waals surface area contributed by atoms with Crippen molar-refractivity contribution >= 4 is 13.3 Å². The van der Waals surface area contributed by atoms with Crippen molar-refractivity contribution in [3.63, 3.8) is 0 Å². The standard InChI is InChI=1S/C22H29F3NO3P/c1-16(2)14-28-30(27,29-15-17(3)4)21(26-18-10-6-5-7-11-18)19-12-8-9-13-20(19)22(23,24)25/h5-13,16-17,21,26H,14-15H2,1-4H3. The van der Waals surface area contributed by atoms with Crippen LogP contribution in [0.3, 0.4) is 0 Å². The largest absolute Gasteiger partial charge is 0.416 e. The fraction of sp³-hybridized carbons (Fsp3) is 0.455. The molecule has 2 aromatic rings. The van der Waals surface area contributed by atoms with Gasteiger partial charge in [-0.3, -0.25) is 4.57 Å². The van der Waals surface area contributed by atoms with Gasteiger partial charge in [-0.05, 0) is 35.6 Å². The Labute approximate surface area is 176 Å². The van der Waals surface area contributed by atoms with Gasteiger partial charge in [-0.1, -0.05) is 64.1 Å². The number of para-hydroxylation sites is 1. The summed E-state index contributed by atoms with van der Waals surface area (Å²) in [4.78, 5) is 0. The van der Waals surface area contributed by atoms with Crippen molar-refractivity contribution in [3.05, 3.63) is 65.7 Å². The van der Waals surface area contributed by atoms with Crippen LogP contribution >= 0.6 is 7.60 Å². The molecule has 2 aromatic carbocycles. The molecule has 0 fully saturated rings. The zero-order valence-corrected chi connectivity index (χ0v) is 18.5. The van der Waals surface area contributed by atoms with Gasteiger partial charge in [-0.25, -0.2) is 0 Å². The van der Waals surface area contributed by atoms with Crippen LogP contribution < -0.4 is 5.32 Å². The summed E-state index contributed by atoms with van der Waals surface area (Å²) >= 11 is 0. The van der Waals surface area contributed by atoms with E-state index in [4.69, 9.17) is 9.05 Å². The maximum atomic E-state index is 13.9. The minimum absolute atomic E-state index is 0.0243. The Kier molecular flexibility index (Phi) is 8.53. The third-order valence-electron chi connectivity index (χ3n) is 4.13. The van der Waals surface area contributed by atoms with Crippen molar-refractivity contribution in [2.75, 3.05) is 18.5 Å². The first-order chi connectivity index (χ1) is 14.0. The molecule has 0 spiro atoms. The lowest BCUT2D eigenvalue weighted by Crippen LogP contribution is -2.21. The molecule has 1 unspecified atom stereocenters. The quantitative estimate of drug-likeness (QED) is 0.390. The molecule has 30 heavy (non-hydrogen) atoms. The van der Waals surface area contributed by atoms with Crippen LogP contribution in [-0.4, -0.2) is 13.2 Å². The van der Waals surface area contributed by atoms with Crippen LogP contribution in [0.5, 0.6) is 0 Å². The summed E-state index contributed by atoms with van der Waals surface area (Å²) in [5, 5.41) is 2.98. The highest BCUT2D eigenvalue weighted by molar-refractivity contribution is 7.54. The van der Waals surface area contributed by atoms with Gasteiger partial charge in [0.2, 0.25) is 0 Å². The van der Waals surface area contributed by atoms with E-state index in [9.17, 15) is 17.7 Å². The highest BCUT2D eigenvalue weighted by Gasteiger charge is 2.43. The maximum absolute atomic E-state index is 13.9. The number of hydrogen-bond donors (Lipinski definition) is 1. The second kappa shape index (κ2) is 10.5. The lowest BCUT2D eigenvalue weighted by molar-refractivity contribution is -0.138. The van der Waals surface area contributed by atoms with Crippen LogP contribution in [0, 0.1) is 11.8 Å². The fourth-order valence-corrected chi connectivity index (χ4v) is 4.96. The number of benzene rings is 2. The molecule has 0 radical (unpaired) electrons. The van der Waals surface area contributed by atoms with E-state index in [-0.39, 0.29) is 30.6 Å². The van der Waals surface area contributed by atoms with Crippen LogP contribution in [0.15, 0.2) is 54.6 Å². The molecule has 1 N–H and O–H groups in total. The zero-order valence-electron chi connectivity index (χ0n) is 17.6. The van der Waals surface area contributed by atoms with Crippen LogP contribution in [0.2, 0.25) is 0 Å². The molecule has 2 rings (SSSR count). The Morgan fingerprint density at radius 3 is 1.87 bits per heavy atom. The third-order valence-corrected chi connectivity index (χ3v) is 6.19. The van der Waals surface area contributed by atoms with Gasteiger partial charge in [-0.15, -0.1) is 0 Å². The smallest absolute Gasteiger partial charge is 0.368 e. The molecule has 8 heteroatoms. The van der Waals surface area contributed by atoms with Crippen LogP contribution in [0.4, 0.5) is 18.9 Å². The molecule has 0 saturated heterocycles. The Morgan fingerprint density at radius 2 is 1.37 bits per heavy atom. The van der Waals surface area contributed by atoms with Gasteiger partial charge < -0.3 is 14.4 Å². The topological polar surface area (TPSA) is 47.6 Å². The molecule has 0 heterocycles. The first kappa shape index (κ1) is 24.4. The van der Waals surface area contributed by atoms with Crippen molar-refractivity contribution in [2.45, 2.75) is 39.7 Å². The number of anilines is 1. The molecular weight excluding hydrogens is 414 g/mol. The first-order valence-electron chi connectivity index (χ1n) is 9.89. The Hall–Kier alpha value is -1.82. The molecule has 4 nitrogen and oxygen atoms in total. The summed E-state index contributed by atoms with van der Waals surface area (Å²) in [7, 11) is -4.03. The molecule has 0 aliphatic carbocycles. The second-order valence-electron chi connectivity index (χ2n) is 7.92. The SMILES string of the molecule is CC(C)COP(=O)(OCC(C)C)C(Nc1ccccc1)c1ccccc1C(F)(F)F. The molecule has 0 amide bonds.